The lowest BCUT2D eigenvalue weighted by atomic mass is 9.97. The number of nitrogens with one attached hydrogen (secondary N) is 2. The van der Waals surface area contributed by atoms with Gasteiger partial charge in [0.05, 0.1) is 33.5 Å². The molecule has 0 saturated carbocycles. The normalized spacial score (nSPS) is 11.0. The van der Waals surface area contributed by atoms with E-state index in [1.165, 1.54) is 0 Å². The van der Waals surface area contributed by atoms with Gasteiger partial charge in [-0.25, -0.2) is 9.97 Å². The Morgan fingerprint density at radius 3 is 1.30 bits per heavy atom. The summed E-state index contributed by atoms with van der Waals surface area (Å²) in [6.45, 7) is 4.92. The van der Waals surface area contributed by atoms with Crippen molar-refractivity contribution in [3.8, 4) is 22.5 Å². The molecule has 2 aromatic heterocycles. The molecule has 6 heteroatoms. The molecule has 0 atom stereocenters. The standard InChI is InChI=1S/C38H34N4O2/c1-25-33(29-19-9-11-21-31(29)41-35(25)27-15-5-3-6-16-27)37(43)39-23-13-14-24-40-38(44)34-26(2)36(28-17-7-4-8-18-28)42-32-22-12-10-20-30(32)34/h3-12,15-22H,13-14,23-24H2,1-2H3,(H,39,43)(H,40,44). The van der Waals surface area contributed by atoms with Crippen molar-refractivity contribution in [3.05, 3.63) is 131 Å². The Hall–Kier alpha value is -5.36. The van der Waals surface area contributed by atoms with Gasteiger partial charge < -0.3 is 10.6 Å². The third-order valence-corrected chi connectivity index (χ3v) is 7.99. The van der Waals surface area contributed by atoms with Gasteiger partial charge in [0.25, 0.3) is 11.8 Å². The summed E-state index contributed by atoms with van der Waals surface area (Å²) in [6, 6.07) is 35.4. The van der Waals surface area contributed by atoms with Crippen LogP contribution in [0.2, 0.25) is 0 Å². The number of benzene rings is 4. The van der Waals surface area contributed by atoms with E-state index in [0.717, 1.165) is 68.3 Å². The minimum Gasteiger partial charge on any atom is -0.352 e. The van der Waals surface area contributed by atoms with Crippen LogP contribution in [0.4, 0.5) is 0 Å². The number of para-hydroxylation sites is 2. The van der Waals surface area contributed by atoms with Gasteiger partial charge in [0.1, 0.15) is 0 Å². The van der Waals surface area contributed by atoms with Crippen molar-refractivity contribution in [1.29, 1.82) is 0 Å². The summed E-state index contributed by atoms with van der Waals surface area (Å²) in [6.07, 6.45) is 1.45. The number of hydrogen-bond donors (Lipinski definition) is 2. The van der Waals surface area contributed by atoms with E-state index in [1.807, 2.05) is 123 Å². The molecule has 2 N–H and O–H groups in total. The predicted molar refractivity (Wildman–Crippen MR) is 178 cm³/mol. The SMILES string of the molecule is Cc1c(-c2ccccc2)nc2ccccc2c1C(=O)NCCCCNC(=O)c1c(C)c(-c2ccccc2)nc2ccccc12. The van der Waals surface area contributed by atoms with Crippen LogP contribution in [0.15, 0.2) is 109 Å². The Morgan fingerprint density at radius 1 is 0.523 bits per heavy atom. The number of fused-ring (bicyclic) bond motifs is 2. The van der Waals surface area contributed by atoms with Crippen molar-refractivity contribution in [2.45, 2.75) is 26.7 Å². The highest BCUT2D eigenvalue weighted by Gasteiger charge is 2.20. The first-order chi connectivity index (χ1) is 21.5. The molecule has 4 aromatic carbocycles. The Bertz CT molecular complexity index is 1830. The van der Waals surface area contributed by atoms with Crippen LogP contribution < -0.4 is 10.6 Å². The molecule has 2 amide bonds. The molecule has 0 aliphatic heterocycles. The number of unbranched alkanes of at least 4 members (excludes halogenated alkanes) is 1. The maximum absolute atomic E-state index is 13.5. The van der Waals surface area contributed by atoms with Crippen molar-refractivity contribution >= 4 is 33.6 Å². The van der Waals surface area contributed by atoms with Gasteiger partial charge in [-0.2, -0.15) is 0 Å². The van der Waals surface area contributed by atoms with Crippen LogP contribution in [0.5, 0.6) is 0 Å². The maximum atomic E-state index is 13.5. The fourth-order valence-corrected chi connectivity index (χ4v) is 5.78. The van der Waals surface area contributed by atoms with Crippen molar-refractivity contribution in [2.24, 2.45) is 0 Å². The van der Waals surface area contributed by atoms with E-state index in [9.17, 15) is 9.59 Å². The zero-order valence-corrected chi connectivity index (χ0v) is 24.9. The van der Waals surface area contributed by atoms with Gasteiger partial charge in [0.15, 0.2) is 0 Å². The molecule has 0 aliphatic rings. The van der Waals surface area contributed by atoms with Gasteiger partial charge in [-0.15, -0.1) is 0 Å². The van der Waals surface area contributed by atoms with Crippen LogP contribution in [0.3, 0.4) is 0 Å². The van der Waals surface area contributed by atoms with Crippen molar-refractivity contribution in [1.82, 2.24) is 20.6 Å². The molecule has 6 rings (SSSR count). The first kappa shape index (κ1) is 28.7. The third-order valence-electron chi connectivity index (χ3n) is 7.99. The molecule has 2 heterocycles. The minimum atomic E-state index is -0.116. The molecule has 218 valence electrons. The number of carbonyl (C=O) groups is 2. The van der Waals surface area contributed by atoms with Crippen LogP contribution in [0, 0.1) is 13.8 Å². The highest BCUT2D eigenvalue weighted by molar-refractivity contribution is 6.09. The number of nitrogens with zero attached hydrogens (tertiary/aromatic N) is 2. The van der Waals surface area contributed by atoms with Crippen LogP contribution in [-0.2, 0) is 0 Å². The Kier molecular flexibility index (Phi) is 8.41. The average molecular weight is 579 g/mol. The summed E-state index contributed by atoms with van der Waals surface area (Å²) < 4.78 is 0. The zero-order valence-electron chi connectivity index (χ0n) is 24.9. The summed E-state index contributed by atoms with van der Waals surface area (Å²) in [5.41, 5.74) is 8.18. The highest BCUT2D eigenvalue weighted by atomic mass is 16.2. The molecule has 44 heavy (non-hydrogen) atoms. The Morgan fingerprint density at radius 2 is 0.886 bits per heavy atom. The van der Waals surface area contributed by atoms with E-state index < -0.39 is 0 Å². The highest BCUT2D eigenvalue weighted by Crippen LogP contribution is 2.31. The second-order valence-electron chi connectivity index (χ2n) is 10.9. The van der Waals surface area contributed by atoms with Gasteiger partial charge >= 0.3 is 0 Å². The number of carbonyl (C=O) groups excluding carboxylic acids is 2. The predicted octanol–water partition coefficient (Wildman–Crippen LogP) is 7.67. The number of aromatic nitrogens is 2. The van der Waals surface area contributed by atoms with Crippen LogP contribution in [0.1, 0.15) is 44.7 Å². The quantitative estimate of drug-likeness (QED) is 0.172. The molecule has 6 nitrogen and oxygen atoms in total. The number of pyridine rings is 2. The first-order valence-electron chi connectivity index (χ1n) is 15.0. The molecule has 6 aromatic rings. The van der Waals surface area contributed by atoms with Gasteiger partial charge in [-0.1, -0.05) is 97.1 Å². The summed E-state index contributed by atoms with van der Waals surface area (Å²) >= 11 is 0. The lowest BCUT2D eigenvalue weighted by molar-refractivity contribution is 0.0940. The molecule has 0 aliphatic carbocycles. The van der Waals surface area contributed by atoms with E-state index in [0.29, 0.717) is 24.2 Å². The number of hydrogen-bond acceptors (Lipinski definition) is 4. The summed E-state index contributed by atoms with van der Waals surface area (Å²) in [5.74, 6) is -0.232. The van der Waals surface area contributed by atoms with Crippen LogP contribution in [-0.4, -0.2) is 34.9 Å². The lowest BCUT2D eigenvalue weighted by Gasteiger charge is -2.15. The van der Waals surface area contributed by atoms with Crippen molar-refractivity contribution in [2.75, 3.05) is 13.1 Å². The largest absolute Gasteiger partial charge is 0.352 e. The second kappa shape index (κ2) is 12.9. The zero-order chi connectivity index (χ0) is 30.5. The molecular weight excluding hydrogens is 544 g/mol. The van der Waals surface area contributed by atoms with E-state index in [-0.39, 0.29) is 11.8 Å². The Labute approximate surface area is 257 Å². The van der Waals surface area contributed by atoms with E-state index in [1.54, 1.807) is 0 Å². The minimum absolute atomic E-state index is 0.116. The monoisotopic (exact) mass is 578 g/mol. The molecule has 0 fully saturated rings. The number of rotatable bonds is 9. The maximum Gasteiger partial charge on any atom is 0.252 e. The smallest absolute Gasteiger partial charge is 0.252 e. The van der Waals surface area contributed by atoms with Gasteiger partial charge in [0, 0.05) is 35.0 Å². The molecule has 0 bridgehead atoms. The summed E-state index contributed by atoms with van der Waals surface area (Å²) in [5, 5.41) is 7.88. The van der Waals surface area contributed by atoms with Crippen LogP contribution >= 0.6 is 0 Å². The second-order valence-corrected chi connectivity index (χ2v) is 10.9. The Balaban J connectivity index is 1.11. The fraction of sp³-hybridized carbons (Fsp3) is 0.158. The molecule has 0 saturated heterocycles. The lowest BCUT2D eigenvalue weighted by Crippen LogP contribution is -2.28. The van der Waals surface area contributed by atoms with Gasteiger partial charge in [-0.3, -0.25) is 9.59 Å². The summed E-state index contributed by atoms with van der Waals surface area (Å²) in [7, 11) is 0. The van der Waals surface area contributed by atoms with E-state index in [2.05, 4.69) is 10.6 Å². The van der Waals surface area contributed by atoms with E-state index >= 15 is 0 Å². The van der Waals surface area contributed by atoms with Gasteiger partial charge in [-0.05, 0) is 49.9 Å². The average Bonchev–Trinajstić information content (AvgIpc) is 3.06. The summed E-state index contributed by atoms with van der Waals surface area (Å²) in [4.78, 5) is 36.7. The molecule has 0 radical (unpaired) electrons. The number of amides is 2. The van der Waals surface area contributed by atoms with Crippen molar-refractivity contribution in [3.63, 3.8) is 0 Å². The van der Waals surface area contributed by atoms with Crippen molar-refractivity contribution < 1.29 is 9.59 Å². The fourth-order valence-electron chi connectivity index (χ4n) is 5.78. The third kappa shape index (κ3) is 5.79. The topological polar surface area (TPSA) is 84.0 Å². The van der Waals surface area contributed by atoms with Gasteiger partial charge in [0.2, 0.25) is 0 Å². The van der Waals surface area contributed by atoms with E-state index in [4.69, 9.17) is 9.97 Å². The molecular formula is C38H34N4O2. The molecule has 0 unspecified atom stereocenters. The molecule has 0 spiro atoms. The first-order valence-corrected chi connectivity index (χ1v) is 15.0. The van der Waals surface area contributed by atoms with Crippen LogP contribution in [0.25, 0.3) is 44.3 Å².